The van der Waals surface area contributed by atoms with Crippen LogP contribution in [0.1, 0.15) is 22.3 Å². The van der Waals surface area contributed by atoms with Crippen molar-refractivity contribution in [3.05, 3.63) is 59.7 Å². The minimum Gasteiger partial charge on any atom is -0.385 e. The van der Waals surface area contributed by atoms with Crippen LogP contribution >= 0.6 is 0 Å². The van der Waals surface area contributed by atoms with Crippen molar-refractivity contribution in [1.82, 2.24) is 15.1 Å². The molecule has 0 spiro atoms. The van der Waals surface area contributed by atoms with E-state index < -0.39 is 10.0 Å². The first-order chi connectivity index (χ1) is 16.3. The fourth-order valence-electron chi connectivity index (χ4n) is 3.61. The zero-order valence-electron chi connectivity index (χ0n) is 19.6. The van der Waals surface area contributed by atoms with E-state index in [9.17, 15) is 18.0 Å². The molecule has 10 heteroatoms. The van der Waals surface area contributed by atoms with Gasteiger partial charge in [-0.2, -0.15) is 0 Å². The first-order valence-corrected chi connectivity index (χ1v) is 12.7. The Morgan fingerprint density at radius 1 is 0.971 bits per heavy atom. The molecule has 0 aliphatic carbocycles. The lowest BCUT2D eigenvalue weighted by atomic mass is 10.2. The number of carbonyl (C=O) groups is 2. The number of hydrogen-bond donors (Lipinski definition) is 2. The molecule has 2 N–H and O–H groups in total. The van der Waals surface area contributed by atoms with E-state index in [0.29, 0.717) is 57.1 Å². The average molecular weight is 489 g/mol. The van der Waals surface area contributed by atoms with Crippen molar-refractivity contribution in [2.75, 3.05) is 57.7 Å². The molecule has 3 rings (SSSR count). The van der Waals surface area contributed by atoms with Crippen LogP contribution in [0, 0.1) is 6.92 Å². The quantitative estimate of drug-likeness (QED) is 0.493. The molecule has 9 nitrogen and oxygen atoms in total. The van der Waals surface area contributed by atoms with Gasteiger partial charge in [-0.25, -0.2) is 8.42 Å². The zero-order chi connectivity index (χ0) is 24.6. The fraction of sp³-hybridized carbons (Fsp3) is 0.417. The molecule has 1 saturated heterocycles. The third-order valence-corrected chi connectivity index (χ3v) is 6.99. The molecule has 0 atom stereocenters. The van der Waals surface area contributed by atoms with Gasteiger partial charge in [-0.1, -0.05) is 17.7 Å². The van der Waals surface area contributed by atoms with Gasteiger partial charge >= 0.3 is 0 Å². The zero-order valence-corrected chi connectivity index (χ0v) is 20.4. The van der Waals surface area contributed by atoms with Gasteiger partial charge in [-0.15, -0.1) is 0 Å². The molecule has 34 heavy (non-hydrogen) atoms. The summed E-state index contributed by atoms with van der Waals surface area (Å²) in [5.41, 5.74) is 1.94. The van der Waals surface area contributed by atoms with Crippen LogP contribution in [-0.4, -0.2) is 83.0 Å². The second kappa shape index (κ2) is 12.0. The van der Waals surface area contributed by atoms with Crippen LogP contribution < -0.4 is 10.0 Å². The smallest absolute Gasteiger partial charge is 0.261 e. The van der Waals surface area contributed by atoms with Crippen LogP contribution in [0.2, 0.25) is 0 Å². The van der Waals surface area contributed by atoms with Crippen LogP contribution in [0.25, 0.3) is 0 Å². The summed E-state index contributed by atoms with van der Waals surface area (Å²) in [5.74, 6) is -0.189. The number of ether oxygens (including phenoxy) is 1. The highest BCUT2D eigenvalue weighted by atomic mass is 32.2. The standard InChI is InChI=1S/C24H32N4O5S/c1-19-4-8-21(9-5-19)26-34(31,32)22-10-6-20(7-11-22)24(30)28-15-13-27(14-16-28)18-23(29)25-12-3-17-33-2/h4-11,26H,3,12-18H2,1-2H3,(H,25,29). The van der Waals surface area contributed by atoms with Crippen LogP contribution in [0.15, 0.2) is 53.4 Å². The van der Waals surface area contributed by atoms with Crippen molar-refractivity contribution < 1.29 is 22.7 Å². The second-order valence-electron chi connectivity index (χ2n) is 8.26. The van der Waals surface area contributed by atoms with E-state index in [0.717, 1.165) is 12.0 Å². The number of rotatable bonds is 10. The van der Waals surface area contributed by atoms with Gasteiger partial charge in [0, 0.05) is 57.7 Å². The second-order valence-corrected chi connectivity index (χ2v) is 9.94. The maximum atomic E-state index is 12.9. The SMILES string of the molecule is COCCCNC(=O)CN1CCN(C(=O)c2ccc(S(=O)(=O)Nc3ccc(C)cc3)cc2)CC1. The molecule has 0 unspecified atom stereocenters. The van der Waals surface area contributed by atoms with Gasteiger partial charge in [-0.3, -0.25) is 19.2 Å². The third kappa shape index (κ3) is 7.28. The summed E-state index contributed by atoms with van der Waals surface area (Å²) in [5, 5.41) is 2.86. The third-order valence-electron chi connectivity index (χ3n) is 5.59. The normalized spacial score (nSPS) is 14.6. The van der Waals surface area contributed by atoms with E-state index in [1.54, 1.807) is 24.1 Å². The lowest BCUT2D eigenvalue weighted by molar-refractivity contribution is -0.122. The predicted octanol–water partition coefficient (Wildman–Crippen LogP) is 1.71. The molecule has 0 saturated carbocycles. The molecular weight excluding hydrogens is 456 g/mol. The first kappa shape index (κ1) is 25.7. The maximum Gasteiger partial charge on any atom is 0.261 e. The minimum absolute atomic E-state index is 0.0353. The Morgan fingerprint density at radius 2 is 1.62 bits per heavy atom. The molecule has 1 aliphatic rings. The number of piperazine rings is 1. The van der Waals surface area contributed by atoms with E-state index >= 15 is 0 Å². The Labute approximate surface area is 201 Å². The number of hydrogen-bond acceptors (Lipinski definition) is 6. The van der Waals surface area contributed by atoms with E-state index in [-0.39, 0.29) is 16.7 Å². The lowest BCUT2D eigenvalue weighted by Crippen LogP contribution is -2.51. The highest BCUT2D eigenvalue weighted by molar-refractivity contribution is 7.92. The highest BCUT2D eigenvalue weighted by Crippen LogP contribution is 2.18. The number of nitrogens with zero attached hydrogens (tertiary/aromatic N) is 2. The van der Waals surface area contributed by atoms with Gasteiger partial charge < -0.3 is 15.0 Å². The van der Waals surface area contributed by atoms with Gasteiger partial charge in [-0.05, 0) is 49.7 Å². The minimum atomic E-state index is -3.75. The van der Waals surface area contributed by atoms with Crippen molar-refractivity contribution in [3.63, 3.8) is 0 Å². The van der Waals surface area contributed by atoms with E-state index in [1.807, 2.05) is 24.0 Å². The number of benzene rings is 2. The van der Waals surface area contributed by atoms with Crippen molar-refractivity contribution >= 4 is 27.5 Å². The van der Waals surface area contributed by atoms with Crippen molar-refractivity contribution in [1.29, 1.82) is 0 Å². The summed E-state index contributed by atoms with van der Waals surface area (Å²) in [4.78, 5) is 28.7. The van der Waals surface area contributed by atoms with Crippen molar-refractivity contribution in [2.45, 2.75) is 18.2 Å². The van der Waals surface area contributed by atoms with Crippen LogP contribution in [0.4, 0.5) is 5.69 Å². The number of anilines is 1. The summed E-state index contributed by atoms with van der Waals surface area (Å²) in [6.45, 7) is 5.63. The summed E-state index contributed by atoms with van der Waals surface area (Å²) < 4.78 is 32.8. The first-order valence-electron chi connectivity index (χ1n) is 11.3. The number of nitrogens with one attached hydrogen (secondary N) is 2. The highest BCUT2D eigenvalue weighted by Gasteiger charge is 2.24. The summed E-state index contributed by atoms with van der Waals surface area (Å²) in [6.07, 6.45) is 0.770. The molecule has 2 aromatic rings. The Morgan fingerprint density at radius 3 is 2.24 bits per heavy atom. The Balaban J connectivity index is 1.50. The monoisotopic (exact) mass is 488 g/mol. The molecule has 1 aliphatic heterocycles. The molecule has 0 radical (unpaired) electrons. The summed E-state index contributed by atoms with van der Waals surface area (Å²) in [6, 6.07) is 13.0. The topological polar surface area (TPSA) is 108 Å². The molecule has 1 fully saturated rings. The van der Waals surface area contributed by atoms with Crippen molar-refractivity contribution in [3.8, 4) is 0 Å². The van der Waals surface area contributed by atoms with Gasteiger partial charge in [0.2, 0.25) is 5.91 Å². The molecule has 184 valence electrons. The molecule has 0 aromatic heterocycles. The lowest BCUT2D eigenvalue weighted by Gasteiger charge is -2.34. The van der Waals surface area contributed by atoms with Gasteiger partial charge in [0.1, 0.15) is 0 Å². The van der Waals surface area contributed by atoms with Gasteiger partial charge in [0.25, 0.3) is 15.9 Å². The van der Waals surface area contributed by atoms with Crippen molar-refractivity contribution in [2.24, 2.45) is 0 Å². The van der Waals surface area contributed by atoms with Crippen LogP contribution in [0.3, 0.4) is 0 Å². The van der Waals surface area contributed by atoms with E-state index in [4.69, 9.17) is 4.74 Å². The number of aryl methyl sites for hydroxylation is 1. The molecule has 2 amide bonds. The Hall–Kier alpha value is -2.95. The number of methoxy groups -OCH3 is 1. The van der Waals surface area contributed by atoms with E-state index in [2.05, 4.69) is 10.0 Å². The van der Waals surface area contributed by atoms with Gasteiger partial charge in [0.05, 0.1) is 11.4 Å². The van der Waals surface area contributed by atoms with Crippen LogP contribution in [-0.2, 0) is 19.6 Å². The Bertz CT molecular complexity index is 1060. The maximum absolute atomic E-state index is 12.9. The number of amides is 2. The van der Waals surface area contributed by atoms with Gasteiger partial charge in [0.15, 0.2) is 0 Å². The molecule has 2 aromatic carbocycles. The number of sulfonamides is 1. The summed E-state index contributed by atoms with van der Waals surface area (Å²) in [7, 11) is -2.12. The fourth-order valence-corrected chi connectivity index (χ4v) is 4.67. The van der Waals surface area contributed by atoms with E-state index in [1.165, 1.54) is 24.3 Å². The average Bonchev–Trinajstić information content (AvgIpc) is 2.83. The Kier molecular flexibility index (Phi) is 9.03. The largest absolute Gasteiger partial charge is 0.385 e. The molecule has 1 heterocycles. The predicted molar refractivity (Wildman–Crippen MR) is 130 cm³/mol. The van der Waals surface area contributed by atoms with Crippen LogP contribution in [0.5, 0.6) is 0 Å². The number of carbonyl (C=O) groups excluding carboxylic acids is 2. The summed E-state index contributed by atoms with van der Waals surface area (Å²) >= 11 is 0. The molecular formula is C24H32N4O5S. The molecule has 0 bridgehead atoms.